The van der Waals surface area contributed by atoms with Gasteiger partial charge in [-0.25, -0.2) is 19.2 Å². The number of esters is 4. The maximum Gasteiger partial charge on any atom is 0.348 e. The van der Waals surface area contributed by atoms with Gasteiger partial charge in [-0.2, -0.15) is 11.8 Å². The van der Waals surface area contributed by atoms with Gasteiger partial charge < -0.3 is 39.3 Å². The summed E-state index contributed by atoms with van der Waals surface area (Å²) in [5.41, 5.74) is 5.47. The van der Waals surface area contributed by atoms with Crippen LogP contribution in [-0.2, 0) is 47.6 Å². The fraction of sp³-hybridized carbons (Fsp3) is 0.739. The second kappa shape index (κ2) is 20.9. The van der Waals surface area contributed by atoms with Crippen LogP contribution in [0.3, 0.4) is 0 Å². The molecule has 0 rings (SSSR count). The molecule has 0 aliphatic carbocycles. The maximum absolute atomic E-state index is 12.6. The van der Waals surface area contributed by atoms with Crippen molar-refractivity contribution in [3.8, 4) is 0 Å². The molecule has 0 saturated heterocycles. The summed E-state index contributed by atoms with van der Waals surface area (Å²) < 4.78 is 30.5. The zero-order valence-electron chi connectivity index (χ0n) is 21.2. The molecule has 0 aromatic carbocycles. The molecular weight excluding hydrogens is 498 g/mol. The molecule has 0 fully saturated rings. The summed E-state index contributed by atoms with van der Waals surface area (Å²) in [6, 6.07) is 0. The average molecular weight is 538 g/mol. The number of thioether (sulfide) groups is 1. The Morgan fingerprint density at radius 2 is 1.58 bits per heavy atom. The number of hydrogen-bond acceptors (Lipinski definition) is 13. The number of carbonyl (C=O) groups excluding carboxylic acids is 4. The van der Waals surface area contributed by atoms with Crippen LogP contribution in [0.25, 0.3) is 0 Å². The Balaban J connectivity index is 4.97. The first-order valence-electron chi connectivity index (χ1n) is 11.6. The van der Waals surface area contributed by atoms with Gasteiger partial charge in [-0.05, 0) is 32.4 Å². The molecule has 0 aliphatic heterocycles. The predicted octanol–water partition coefficient (Wildman–Crippen LogP) is 0.377. The number of rotatable bonds is 21. The van der Waals surface area contributed by atoms with Gasteiger partial charge in [-0.3, -0.25) is 0 Å². The Morgan fingerprint density at radius 1 is 0.917 bits per heavy atom. The number of aliphatic hydroxyl groups is 1. The van der Waals surface area contributed by atoms with E-state index in [9.17, 15) is 24.3 Å². The normalized spacial score (nSPS) is 14.1. The Hall–Kier alpha value is -2.19. The lowest BCUT2D eigenvalue weighted by atomic mass is 10.2. The molecule has 36 heavy (non-hydrogen) atoms. The Bertz CT molecular complexity index is 674. The van der Waals surface area contributed by atoms with E-state index in [0.717, 1.165) is 5.75 Å². The van der Waals surface area contributed by atoms with Crippen molar-refractivity contribution in [2.75, 3.05) is 51.6 Å². The molecule has 0 saturated carbocycles. The van der Waals surface area contributed by atoms with Crippen LogP contribution in [0, 0.1) is 0 Å². The zero-order chi connectivity index (χ0) is 27.3. The van der Waals surface area contributed by atoms with Crippen molar-refractivity contribution in [2.24, 2.45) is 5.73 Å². The van der Waals surface area contributed by atoms with Gasteiger partial charge in [0.2, 0.25) is 6.10 Å². The smallest absolute Gasteiger partial charge is 0.348 e. The van der Waals surface area contributed by atoms with Crippen molar-refractivity contribution >= 4 is 35.6 Å². The molecule has 4 unspecified atom stereocenters. The highest BCUT2D eigenvalue weighted by Crippen LogP contribution is 2.13. The molecular formula is C23H39NO11S. The van der Waals surface area contributed by atoms with Gasteiger partial charge in [0.05, 0.1) is 19.8 Å². The SMILES string of the molecule is C=CCC(OC(=O)C(C)O)C(=O)OC(C)C(=O)OC(CCCSCCN)C(=O)OCCOCCOC. The highest BCUT2D eigenvalue weighted by atomic mass is 32.2. The van der Waals surface area contributed by atoms with E-state index in [0.29, 0.717) is 31.9 Å². The van der Waals surface area contributed by atoms with Crippen molar-refractivity contribution < 1.29 is 52.7 Å². The van der Waals surface area contributed by atoms with E-state index in [1.807, 2.05) is 0 Å². The van der Waals surface area contributed by atoms with Gasteiger partial charge in [0, 0.05) is 25.8 Å². The number of ether oxygens (including phenoxy) is 6. The summed E-state index contributed by atoms with van der Waals surface area (Å²) in [4.78, 5) is 49.1. The number of aliphatic hydroxyl groups excluding tert-OH is 1. The van der Waals surface area contributed by atoms with E-state index in [1.54, 1.807) is 11.8 Å². The third-order valence-corrected chi connectivity index (χ3v) is 5.41. The minimum atomic E-state index is -1.45. The molecule has 0 aromatic rings. The largest absolute Gasteiger partial charge is 0.460 e. The second-order valence-corrected chi connectivity index (χ2v) is 8.67. The topological polar surface area (TPSA) is 170 Å². The van der Waals surface area contributed by atoms with Crippen molar-refractivity contribution in [1.82, 2.24) is 0 Å². The van der Waals surface area contributed by atoms with E-state index in [1.165, 1.54) is 27.0 Å². The maximum atomic E-state index is 12.6. The summed E-state index contributed by atoms with van der Waals surface area (Å²) in [6.45, 7) is 7.27. The first-order chi connectivity index (χ1) is 17.2. The monoisotopic (exact) mass is 537 g/mol. The highest BCUT2D eigenvalue weighted by Gasteiger charge is 2.32. The standard InChI is InChI=1S/C23H39NO11S/c1-5-7-18(34-20(26)16(2)25)23(29)33-17(3)21(27)35-19(8-6-14-36-15-9-24)22(28)32-13-12-31-11-10-30-4/h5,16-19,25H,1,6-15,24H2,2-4H3. The molecule has 0 bridgehead atoms. The summed E-state index contributed by atoms with van der Waals surface area (Å²) in [5, 5.41) is 9.28. The lowest BCUT2D eigenvalue weighted by Crippen LogP contribution is -2.38. The number of methoxy groups -OCH3 is 1. The summed E-state index contributed by atoms with van der Waals surface area (Å²) in [6.07, 6.45) is -3.52. The van der Waals surface area contributed by atoms with Crippen molar-refractivity contribution in [3.05, 3.63) is 12.7 Å². The molecule has 208 valence electrons. The number of nitrogens with two attached hydrogens (primary N) is 1. The molecule has 13 heteroatoms. The van der Waals surface area contributed by atoms with E-state index in [4.69, 9.17) is 34.2 Å². The van der Waals surface area contributed by atoms with Crippen LogP contribution in [0.15, 0.2) is 12.7 Å². The van der Waals surface area contributed by atoms with Crippen LogP contribution in [0.1, 0.15) is 33.1 Å². The van der Waals surface area contributed by atoms with Crippen LogP contribution in [0.2, 0.25) is 0 Å². The molecule has 0 aromatic heterocycles. The third kappa shape index (κ3) is 15.7. The zero-order valence-corrected chi connectivity index (χ0v) is 22.0. The first kappa shape index (κ1) is 33.8. The molecule has 0 spiro atoms. The second-order valence-electron chi connectivity index (χ2n) is 7.45. The van der Waals surface area contributed by atoms with Gasteiger partial charge in [-0.15, -0.1) is 6.58 Å². The predicted molar refractivity (Wildman–Crippen MR) is 131 cm³/mol. The van der Waals surface area contributed by atoms with Crippen molar-refractivity contribution in [2.45, 2.75) is 57.5 Å². The number of hydrogen-bond donors (Lipinski definition) is 2. The molecule has 3 N–H and O–H groups in total. The molecule has 0 amide bonds. The lowest BCUT2D eigenvalue weighted by Gasteiger charge is -2.21. The van der Waals surface area contributed by atoms with Crippen LogP contribution >= 0.6 is 11.8 Å². The first-order valence-corrected chi connectivity index (χ1v) is 12.7. The van der Waals surface area contributed by atoms with E-state index < -0.39 is 48.3 Å². The van der Waals surface area contributed by atoms with Crippen molar-refractivity contribution in [1.29, 1.82) is 0 Å². The third-order valence-electron chi connectivity index (χ3n) is 4.31. The fourth-order valence-corrected chi connectivity index (χ4v) is 3.18. The molecule has 0 aliphatic rings. The van der Waals surface area contributed by atoms with E-state index in [2.05, 4.69) is 6.58 Å². The van der Waals surface area contributed by atoms with E-state index >= 15 is 0 Å². The summed E-state index contributed by atoms with van der Waals surface area (Å²) in [7, 11) is 1.54. The molecule has 4 atom stereocenters. The fourth-order valence-electron chi connectivity index (χ4n) is 2.44. The van der Waals surface area contributed by atoms with Crippen LogP contribution in [-0.4, -0.2) is 105 Å². The van der Waals surface area contributed by atoms with Gasteiger partial charge in [0.1, 0.15) is 12.7 Å². The van der Waals surface area contributed by atoms with Gasteiger partial charge in [-0.1, -0.05) is 6.08 Å². The highest BCUT2D eigenvalue weighted by molar-refractivity contribution is 7.99. The van der Waals surface area contributed by atoms with Crippen LogP contribution < -0.4 is 5.73 Å². The molecule has 12 nitrogen and oxygen atoms in total. The summed E-state index contributed by atoms with van der Waals surface area (Å²) in [5.74, 6) is -2.34. The Morgan fingerprint density at radius 3 is 2.19 bits per heavy atom. The Labute approximate surface area is 216 Å². The average Bonchev–Trinajstić information content (AvgIpc) is 2.84. The minimum Gasteiger partial charge on any atom is -0.460 e. The molecule has 0 radical (unpaired) electrons. The van der Waals surface area contributed by atoms with Gasteiger partial charge in [0.25, 0.3) is 0 Å². The van der Waals surface area contributed by atoms with Gasteiger partial charge in [0.15, 0.2) is 12.2 Å². The Kier molecular flexibility index (Phi) is 19.7. The quantitative estimate of drug-likeness (QED) is 0.0892. The van der Waals surface area contributed by atoms with Crippen LogP contribution in [0.5, 0.6) is 0 Å². The van der Waals surface area contributed by atoms with Gasteiger partial charge >= 0.3 is 23.9 Å². The minimum absolute atomic E-state index is 0.0407. The molecule has 0 heterocycles. The number of carbonyl (C=O) groups is 4. The van der Waals surface area contributed by atoms with Crippen LogP contribution in [0.4, 0.5) is 0 Å². The lowest BCUT2D eigenvalue weighted by molar-refractivity contribution is -0.185. The summed E-state index contributed by atoms with van der Waals surface area (Å²) >= 11 is 1.60. The van der Waals surface area contributed by atoms with Crippen molar-refractivity contribution in [3.63, 3.8) is 0 Å². The van der Waals surface area contributed by atoms with E-state index in [-0.39, 0.29) is 26.1 Å².